The lowest BCUT2D eigenvalue weighted by molar-refractivity contribution is -0.149. The minimum Gasteiger partial charge on any atom is -0.480 e. The van der Waals surface area contributed by atoms with Gasteiger partial charge < -0.3 is 15.3 Å². The molecule has 1 aliphatic heterocycles. The summed E-state index contributed by atoms with van der Waals surface area (Å²) in [4.78, 5) is 24.4. The molecule has 2 N–H and O–H groups in total. The van der Waals surface area contributed by atoms with Crippen LogP contribution in [-0.2, 0) is 9.59 Å². The molecule has 1 saturated heterocycles. The summed E-state index contributed by atoms with van der Waals surface area (Å²) in [6.45, 7) is 4.19. The van der Waals surface area contributed by atoms with Crippen molar-refractivity contribution in [1.29, 1.82) is 0 Å². The fourth-order valence-electron chi connectivity index (χ4n) is 1.79. The number of likely N-dealkylation sites (N-methyl/N-ethyl adjacent to an activating group) is 1. The lowest BCUT2D eigenvalue weighted by atomic mass is 10.1. The Morgan fingerprint density at radius 3 is 2.62 bits per heavy atom. The second kappa shape index (κ2) is 5.54. The third-order valence-electron chi connectivity index (χ3n) is 2.51. The Morgan fingerprint density at radius 1 is 1.56 bits per heavy atom. The van der Waals surface area contributed by atoms with Gasteiger partial charge >= 0.3 is 5.97 Å². The third-order valence-corrected chi connectivity index (χ3v) is 4.13. The Bertz CT molecular complexity index is 283. The molecule has 1 heterocycles. The fourth-order valence-corrected chi connectivity index (χ4v) is 3.28. The number of hydrogen-bond donors (Lipinski definition) is 2. The number of nitrogens with zero attached hydrogens (tertiary/aromatic N) is 1. The third kappa shape index (κ3) is 2.68. The molecule has 0 aromatic heterocycles. The fraction of sp³-hybridized carbons (Fsp3) is 0.800. The molecule has 92 valence electrons. The number of amides is 1. The van der Waals surface area contributed by atoms with E-state index in [9.17, 15) is 9.59 Å². The molecule has 1 aliphatic rings. The van der Waals surface area contributed by atoms with Gasteiger partial charge in [-0.2, -0.15) is 0 Å². The summed E-state index contributed by atoms with van der Waals surface area (Å²) in [7, 11) is 1.68. The van der Waals surface area contributed by atoms with Crippen molar-refractivity contribution in [3.8, 4) is 0 Å². The molecule has 5 nitrogen and oxygen atoms in total. The van der Waals surface area contributed by atoms with Crippen LogP contribution in [0, 0.1) is 5.92 Å². The van der Waals surface area contributed by atoms with E-state index in [4.69, 9.17) is 5.11 Å². The smallest absolute Gasteiger partial charge is 0.327 e. The summed E-state index contributed by atoms with van der Waals surface area (Å²) in [5.74, 6) is -0.318. The minimum atomic E-state index is -0.917. The van der Waals surface area contributed by atoms with Gasteiger partial charge in [-0.15, -0.1) is 11.8 Å². The monoisotopic (exact) mass is 246 g/mol. The molecular formula is C10H18N2O3S. The highest BCUT2D eigenvalue weighted by Gasteiger charge is 2.42. The van der Waals surface area contributed by atoms with E-state index in [-0.39, 0.29) is 23.7 Å². The second-order valence-electron chi connectivity index (χ2n) is 4.15. The molecule has 0 aromatic carbocycles. The van der Waals surface area contributed by atoms with Gasteiger partial charge in [-0.25, -0.2) is 4.79 Å². The van der Waals surface area contributed by atoms with Crippen LogP contribution in [-0.4, -0.2) is 52.6 Å². The molecule has 0 aliphatic carbocycles. The molecule has 2 unspecified atom stereocenters. The standard InChI is InChI=1S/C10H18N2O3S/c1-6(2)9-12(8(13)4-11-3)7(5-16-9)10(14)15/h6-7,9,11H,4-5H2,1-3H3,(H,14,15). The average Bonchev–Trinajstić information content (AvgIpc) is 2.61. The van der Waals surface area contributed by atoms with Crippen molar-refractivity contribution < 1.29 is 14.7 Å². The number of carbonyl (C=O) groups is 2. The SMILES string of the molecule is CNCC(=O)N1C(C(=O)O)CSC1C(C)C. The lowest BCUT2D eigenvalue weighted by Crippen LogP contribution is -2.49. The first-order valence-corrected chi connectivity index (χ1v) is 6.34. The minimum absolute atomic E-state index is 0.0260. The maximum Gasteiger partial charge on any atom is 0.327 e. The first-order valence-electron chi connectivity index (χ1n) is 5.29. The summed E-state index contributed by atoms with van der Waals surface area (Å²) in [5.41, 5.74) is 0. The van der Waals surface area contributed by atoms with E-state index in [1.807, 2.05) is 13.8 Å². The predicted molar refractivity (Wildman–Crippen MR) is 63.3 cm³/mol. The van der Waals surface area contributed by atoms with Gasteiger partial charge in [0.1, 0.15) is 6.04 Å². The molecule has 0 spiro atoms. The van der Waals surface area contributed by atoms with Gasteiger partial charge in [-0.3, -0.25) is 4.79 Å². The van der Waals surface area contributed by atoms with E-state index >= 15 is 0 Å². The van der Waals surface area contributed by atoms with Crippen LogP contribution in [0.5, 0.6) is 0 Å². The van der Waals surface area contributed by atoms with Crippen LogP contribution in [0.15, 0.2) is 0 Å². The Balaban J connectivity index is 2.84. The zero-order valence-corrected chi connectivity index (χ0v) is 10.6. The normalized spacial score (nSPS) is 25.1. The van der Waals surface area contributed by atoms with Gasteiger partial charge in [0.15, 0.2) is 0 Å². The number of aliphatic carboxylic acids is 1. The van der Waals surface area contributed by atoms with Gasteiger partial charge in [0.05, 0.1) is 11.9 Å². The van der Waals surface area contributed by atoms with Crippen LogP contribution in [0.4, 0.5) is 0 Å². The molecule has 0 saturated carbocycles. The molecule has 0 radical (unpaired) electrons. The van der Waals surface area contributed by atoms with E-state index < -0.39 is 12.0 Å². The maximum atomic E-state index is 11.9. The summed E-state index contributed by atoms with van der Waals surface area (Å²) in [6.07, 6.45) is 0. The number of hydrogen-bond acceptors (Lipinski definition) is 4. The van der Waals surface area contributed by atoms with Gasteiger partial charge in [0.2, 0.25) is 5.91 Å². The van der Waals surface area contributed by atoms with E-state index in [2.05, 4.69) is 5.32 Å². The number of nitrogens with one attached hydrogen (secondary N) is 1. The topological polar surface area (TPSA) is 69.6 Å². The quantitative estimate of drug-likeness (QED) is 0.742. The number of carbonyl (C=O) groups excluding carboxylic acids is 1. The number of thioether (sulfide) groups is 1. The summed E-state index contributed by atoms with van der Waals surface area (Å²) >= 11 is 1.55. The van der Waals surface area contributed by atoms with Gasteiger partial charge in [0, 0.05) is 5.75 Å². The van der Waals surface area contributed by atoms with E-state index in [1.165, 1.54) is 4.90 Å². The Kier molecular flexibility index (Phi) is 4.61. The first kappa shape index (κ1) is 13.3. The van der Waals surface area contributed by atoms with Crippen LogP contribution < -0.4 is 5.32 Å². The van der Waals surface area contributed by atoms with Crippen molar-refractivity contribution in [2.45, 2.75) is 25.3 Å². The zero-order valence-electron chi connectivity index (χ0n) is 9.77. The second-order valence-corrected chi connectivity index (χ2v) is 5.30. The summed E-state index contributed by atoms with van der Waals surface area (Å²) < 4.78 is 0. The van der Waals surface area contributed by atoms with E-state index in [0.29, 0.717) is 5.75 Å². The maximum absolute atomic E-state index is 11.9. The number of carboxylic acid groups (broad SMARTS) is 1. The highest BCUT2D eigenvalue weighted by atomic mass is 32.2. The molecule has 1 rings (SSSR count). The van der Waals surface area contributed by atoms with E-state index in [0.717, 1.165) is 0 Å². The van der Waals surface area contributed by atoms with Gasteiger partial charge in [-0.05, 0) is 13.0 Å². The van der Waals surface area contributed by atoms with Crippen LogP contribution in [0.1, 0.15) is 13.8 Å². The van der Waals surface area contributed by atoms with Crippen LogP contribution in [0.3, 0.4) is 0 Å². The first-order chi connectivity index (χ1) is 7.49. The molecule has 1 amide bonds. The van der Waals surface area contributed by atoms with Crippen LogP contribution in [0.2, 0.25) is 0 Å². The van der Waals surface area contributed by atoms with Crippen molar-refractivity contribution in [3.05, 3.63) is 0 Å². The van der Waals surface area contributed by atoms with Crippen LogP contribution >= 0.6 is 11.8 Å². The molecular weight excluding hydrogens is 228 g/mol. The van der Waals surface area contributed by atoms with Crippen molar-refractivity contribution in [3.63, 3.8) is 0 Å². The predicted octanol–water partition coefficient (Wildman–Crippen LogP) is 0.217. The molecule has 16 heavy (non-hydrogen) atoms. The van der Waals surface area contributed by atoms with Gasteiger partial charge in [-0.1, -0.05) is 13.8 Å². The molecule has 2 atom stereocenters. The highest BCUT2D eigenvalue weighted by Crippen LogP contribution is 2.33. The van der Waals surface area contributed by atoms with Crippen molar-refractivity contribution in [1.82, 2.24) is 10.2 Å². The average molecular weight is 246 g/mol. The van der Waals surface area contributed by atoms with Crippen molar-refractivity contribution in [2.24, 2.45) is 5.92 Å². The molecule has 0 bridgehead atoms. The Hall–Kier alpha value is -0.750. The summed E-state index contributed by atoms with van der Waals surface area (Å²) in [5, 5.41) is 11.8. The zero-order chi connectivity index (χ0) is 12.3. The highest BCUT2D eigenvalue weighted by molar-refractivity contribution is 8.00. The van der Waals surface area contributed by atoms with Crippen LogP contribution in [0.25, 0.3) is 0 Å². The number of rotatable bonds is 4. The van der Waals surface area contributed by atoms with Crippen molar-refractivity contribution >= 4 is 23.6 Å². The van der Waals surface area contributed by atoms with E-state index in [1.54, 1.807) is 18.8 Å². The van der Waals surface area contributed by atoms with Gasteiger partial charge in [0.25, 0.3) is 0 Å². The largest absolute Gasteiger partial charge is 0.480 e. The molecule has 6 heteroatoms. The molecule has 0 aromatic rings. The van der Waals surface area contributed by atoms with Crippen molar-refractivity contribution in [2.75, 3.05) is 19.3 Å². The molecule has 1 fully saturated rings. The Labute approximate surface area is 99.6 Å². The Morgan fingerprint density at radius 2 is 2.19 bits per heavy atom. The summed E-state index contributed by atoms with van der Waals surface area (Å²) in [6, 6.07) is -0.682. The number of carboxylic acids is 1. The lowest BCUT2D eigenvalue weighted by Gasteiger charge is -2.29.